The summed E-state index contributed by atoms with van der Waals surface area (Å²) in [6.07, 6.45) is 1.78. The number of ketones is 1. The van der Waals surface area contributed by atoms with Crippen molar-refractivity contribution in [1.82, 2.24) is 4.98 Å². The zero-order chi connectivity index (χ0) is 13.9. The highest BCUT2D eigenvalue weighted by Gasteiger charge is 2.13. The minimum absolute atomic E-state index is 0.0127. The second kappa shape index (κ2) is 5.47. The summed E-state index contributed by atoms with van der Waals surface area (Å²) < 4.78 is 0. The number of carbonyl (C=O) groups excluding carboxylic acids is 1. The third kappa shape index (κ3) is 2.21. The van der Waals surface area contributed by atoms with Crippen LogP contribution in [0.15, 0.2) is 60.8 Å². The Labute approximate surface area is 122 Å². The fourth-order valence-corrected chi connectivity index (χ4v) is 2.52. The average molecular weight is 279 g/mol. The van der Waals surface area contributed by atoms with E-state index in [1.165, 1.54) is 0 Å². The molecule has 0 aliphatic heterocycles. The molecule has 0 saturated heterocycles. The highest BCUT2D eigenvalue weighted by Crippen LogP contribution is 2.29. The zero-order valence-corrected chi connectivity index (χ0v) is 11.7. The number of nitrogens with zero attached hydrogens (tertiary/aromatic N) is 1. The van der Waals surface area contributed by atoms with Crippen molar-refractivity contribution >= 4 is 29.2 Å². The van der Waals surface area contributed by atoms with Crippen molar-refractivity contribution in [2.24, 2.45) is 0 Å². The van der Waals surface area contributed by atoms with Crippen molar-refractivity contribution < 1.29 is 4.79 Å². The van der Waals surface area contributed by atoms with Gasteiger partial charge in [-0.3, -0.25) is 9.78 Å². The fourth-order valence-electron chi connectivity index (χ4n) is 2.35. The number of Topliss-reactive ketones (excluding diaryl/α,β-unsaturated/α-hetero) is 1. The van der Waals surface area contributed by atoms with Crippen LogP contribution in [0, 0.1) is 0 Å². The van der Waals surface area contributed by atoms with E-state index in [1.54, 1.807) is 6.20 Å². The molecule has 0 saturated carbocycles. The molecule has 0 N–H and O–H groups in total. The van der Waals surface area contributed by atoms with Crippen LogP contribution < -0.4 is 0 Å². The van der Waals surface area contributed by atoms with Gasteiger partial charge < -0.3 is 0 Å². The number of aromatic nitrogens is 1. The molecule has 0 bridgehead atoms. The summed E-state index contributed by atoms with van der Waals surface area (Å²) in [7, 11) is 0. The van der Waals surface area contributed by atoms with Gasteiger partial charge in [0.25, 0.3) is 0 Å². The molecule has 0 aliphatic rings. The third-order valence-electron chi connectivity index (χ3n) is 3.30. The predicted molar refractivity (Wildman–Crippen MR) is 85.4 cm³/mol. The van der Waals surface area contributed by atoms with Crippen LogP contribution in [0.3, 0.4) is 0 Å². The van der Waals surface area contributed by atoms with E-state index in [9.17, 15) is 4.79 Å². The van der Waals surface area contributed by atoms with Crippen molar-refractivity contribution in [3.05, 3.63) is 66.4 Å². The summed E-state index contributed by atoms with van der Waals surface area (Å²) in [5.41, 5.74) is 2.38. The van der Waals surface area contributed by atoms with E-state index in [1.807, 2.05) is 54.6 Å². The van der Waals surface area contributed by atoms with Crippen molar-refractivity contribution in [3.8, 4) is 11.3 Å². The van der Waals surface area contributed by atoms with Crippen LogP contribution in [-0.2, 0) is 0 Å². The van der Waals surface area contributed by atoms with E-state index in [-0.39, 0.29) is 11.5 Å². The van der Waals surface area contributed by atoms with Crippen LogP contribution in [-0.4, -0.2) is 16.5 Å². The average Bonchev–Trinajstić information content (AvgIpc) is 2.53. The maximum absolute atomic E-state index is 12.0. The van der Waals surface area contributed by atoms with E-state index in [4.69, 9.17) is 0 Å². The molecule has 2 aromatic carbocycles. The molecular weight excluding hydrogens is 266 g/mol. The second-order valence-corrected chi connectivity index (χ2v) is 4.82. The number of thiol groups is 1. The first-order valence-electron chi connectivity index (χ1n) is 6.38. The first-order chi connectivity index (χ1) is 9.81. The van der Waals surface area contributed by atoms with Gasteiger partial charge in [-0.05, 0) is 11.5 Å². The summed E-state index contributed by atoms with van der Waals surface area (Å²) in [5.74, 6) is 0.209. The van der Waals surface area contributed by atoms with Gasteiger partial charge in [0.15, 0.2) is 5.78 Å². The number of benzene rings is 2. The first kappa shape index (κ1) is 12.9. The molecule has 1 heterocycles. The Balaban J connectivity index is 2.29. The van der Waals surface area contributed by atoms with Gasteiger partial charge in [0, 0.05) is 22.7 Å². The summed E-state index contributed by atoms with van der Waals surface area (Å²) in [6, 6.07) is 17.6. The number of hydrogen-bond acceptors (Lipinski definition) is 3. The fraction of sp³-hybridized carbons (Fsp3) is 0.0588. The molecular formula is C17H13NOS. The lowest BCUT2D eigenvalue weighted by atomic mass is 9.97. The number of carbonyl (C=O) groups is 1. The topological polar surface area (TPSA) is 30.0 Å². The first-order valence-corrected chi connectivity index (χ1v) is 7.01. The number of hydrogen-bond donors (Lipinski definition) is 1. The van der Waals surface area contributed by atoms with Gasteiger partial charge in [-0.2, -0.15) is 12.6 Å². The Hall–Kier alpha value is -2.13. The molecule has 1 aromatic heterocycles. The maximum Gasteiger partial charge on any atom is 0.173 e. The molecule has 0 atom stereocenters. The monoisotopic (exact) mass is 279 g/mol. The van der Waals surface area contributed by atoms with Crippen LogP contribution in [0.2, 0.25) is 0 Å². The molecule has 3 heteroatoms. The zero-order valence-electron chi connectivity index (χ0n) is 10.8. The minimum atomic E-state index is 0.0127. The van der Waals surface area contributed by atoms with Gasteiger partial charge in [-0.25, -0.2) is 0 Å². The smallest absolute Gasteiger partial charge is 0.173 e. The maximum atomic E-state index is 12.0. The lowest BCUT2D eigenvalue weighted by molar-refractivity contribution is 0.102. The molecule has 0 unspecified atom stereocenters. The Kier molecular flexibility index (Phi) is 3.52. The summed E-state index contributed by atoms with van der Waals surface area (Å²) in [5, 5.41) is 2.17. The lowest BCUT2D eigenvalue weighted by Gasteiger charge is -2.09. The highest BCUT2D eigenvalue weighted by molar-refractivity contribution is 7.81. The van der Waals surface area contributed by atoms with Crippen LogP contribution in [0.5, 0.6) is 0 Å². The minimum Gasteiger partial charge on any atom is -0.293 e. The van der Waals surface area contributed by atoms with E-state index in [2.05, 4.69) is 17.6 Å². The summed E-state index contributed by atoms with van der Waals surface area (Å²) in [6.45, 7) is 0. The molecule has 0 aliphatic carbocycles. The summed E-state index contributed by atoms with van der Waals surface area (Å²) in [4.78, 5) is 16.5. The Morgan fingerprint density at radius 3 is 2.60 bits per heavy atom. The molecule has 3 rings (SSSR count). The number of pyridine rings is 1. The number of fused-ring (bicyclic) bond motifs is 1. The SMILES string of the molecule is O=C(CS)c1ccccc1-c1nccc2ccccc12. The molecule has 2 nitrogen and oxygen atoms in total. The number of rotatable bonds is 3. The molecule has 0 amide bonds. The molecule has 20 heavy (non-hydrogen) atoms. The van der Waals surface area contributed by atoms with E-state index >= 15 is 0 Å². The van der Waals surface area contributed by atoms with Gasteiger partial charge in [0.2, 0.25) is 0 Å². The van der Waals surface area contributed by atoms with E-state index in [0.717, 1.165) is 22.0 Å². The quantitative estimate of drug-likeness (QED) is 0.580. The Morgan fingerprint density at radius 2 is 1.75 bits per heavy atom. The van der Waals surface area contributed by atoms with Gasteiger partial charge in [-0.15, -0.1) is 0 Å². The second-order valence-electron chi connectivity index (χ2n) is 4.51. The van der Waals surface area contributed by atoms with Gasteiger partial charge >= 0.3 is 0 Å². The van der Waals surface area contributed by atoms with Crippen molar-refractivity contribution in [3.63, 3.8) is 0 Å². The van der Waals surface area contributed by atoms with Crippen LogP contribution in [0.25, 0.3) is 22.0 Å². The molecule has 0 fully saturated rings. The van der Waals surface area contributed by atoms with Crippen LogP contribution in [0.1, 0.15) is 10.4 Å². The van der Waals surface area contributed by atoms with E-state index < -0.39 is 0 Å². The molecule has 0 spiro atoms. The van der Waals surface area contributed by atoms with Crippen LogP contribution >= 0.6 is 12.6 Å². The summed E-state index contributed by atoms with van der Waals surface area (Å²) >= 11 is 4.09. The normalized spacial score (nSPS) is 10.7. The van der Waals surface area contributed by atoms with Crippen molar-refractivity contribution in [2.75, 3.05) is 5.75 Å². The molecule has 0 radical (unpaired) electrons. The standard InChI is InChI=1S/C17H13NOS/c19-16(11-20)14-7-3-4-8-15(14)17-13-6-2-1-5-12(13)9-10-18-17/h1-10,20H,11H2. The largest absolute Gasteiger partial charge is 0.293 e. The lowest BCUT2D eigenvalue weighted by Crippen LogP contribution is -2.03. The Morgan fingerprint density at radius 1 is 1.00 bits per heavy atom. The van der Waals surface area contributed by atoms with Crippen molar-refractivity contribution in [2.45, 2.75) is 0 Å². The third-order valence-corrected chi connectivity index (χ3v) is 3.59. The van der Waals surface area contributed by atoms with Gasteiger partial charge in [0.1, 0.15) is 0 Å². The van der Waals surface area contributed by atoms with Crippen LogP contribution in [0.4, 0.5) is 0 Å². The van der Waals surface area contributed by atoms with Gasteiger partial charge in [0.05, 0.1) is 11.4 Å². The van der Waals surface area contributed by atoms with Crippen molar-refractivity contribution in [1.29, 1.82) is 0 Å². The Bertz CT molecular complexity index is 777. The molecule has 3 aromatic rings. The predicted octanol–water partition coefficient (Wildman–Crippen LogP) is 4.01. The highest BCUT2D eigenvalue weighted by atomic mass is 32.1. The van der Waals surface area contributed by atoms with Gasteiger partial charge in [-0.1, -0.05) is 48.5 Å². The van der Waals surface area contributed by atoms with E-state index in [0.29, 0.717) is 5.56 Å². The molecule has 98 valence electrons.